The Labute approximate surface area is 116 Å². The van der Waals surface area contributed by atoms with Crippen LogP contribution in [0.4, 0.5) is 23.2 Å². The Balaban J connectivity index is 2.10. The third-order valence-electron chi connectivity index (χ3n) is 3.33. The Bertz CT molecular complexity index is 668. The average Bonchev–Trinajstić information content (AvgIpc) is 2.74. The summed E-state index contributed by atoms with van der Waals surface area (Å²) in [4.78, 5) is 8.64. The van der Waals surface area contributed by atoms with E-state index in [-0.39, 0.29) is 16.5 Å². The highest BCUT2D eigenvalue weighted by Crippen LogP contribution is 2.44. The van der Waals surface area contributed by atoms with E-state index in [4.69, 9.17) is 11.6 Å². The Hall–Kier alpha value is -1.57. The smallest absolute Gasteiger partial charge is 0.329 e. The lowest BCUT2D eigenvalue weighted by molar-refractivity contribution is -0.172. The molecule has 0 aromatic carbocycles. The first-order valence-corrected chi connectivity index (χ1v) is 6.07. The fourth-order valence-corrected chi connectivity index (χ4v) is 2.42. The summed E-state index contributed by atoms with van der Waals surface area (Å²) in [7, 11) is 1.65. The molecule has 0 N–H and O–H groups in total. The van der Waals surface area contributed by atoms with Crippen LogP contribution in [-0.4, -0.2) is 39.5 Å². The molecule has 1 fully saturated rings. The van der Waals surface area contributed by atoms with Crippen molar-refractivity contribution in [1.29, 1.82) is 0 Å². The number of hydrogen-bond acceptors (Lipinski definition) is 3. The molecule has 2 aromatic rings. The fourth-order valence-electron chi connectivity index (χ4n) is 2.28. The molecule has 0 aliphatic carbocycles. The van der Waals surface area contributed by atoms with E-state index in [1.807, 2.05) is 0 Å². The summed E-state index contributed by atoms with van der Waals surface area (Å²) in [5, 5.41) is -0.0670. The van der Waals surface area contributed by atoms with E-state index >= 15 is 0 Å². The van der Waals surface area contributed by atoms with E-state index in [1.165, 1.54) is 12.4 Å². The number of hydrogen-bond donors (Lipinski definition) is 0. The molecule has 3 heterocycles. The summed E-state index contributed by atoms with van der Waals surface area (Å²) in [6.07, 6.45) is 2.88. The fraction of sp³-hybridized carbons (Fsp3) is 0.455. The van der Waals surface area contributed by atoms with Gasteiger partial charge in [-0.15, -0.1) is 0 Å². The number of fused-ring (bicyclic) bond motifs is 1. The van der Waals surface area contributed by atoms with Crippen LogP contribution in [0, 0.1) is 0 Å². The molecule has 0 radical (unpaired) electrons. The molecule has 0 bridgehead atoms. The first kappa shape index (κ1) is 13.4. The molecule has 0 unspecified atom stereocenters. The van der Waals surface area contributed by atoms with Crippen LogP contribution in [0.3, 0.4) is 0 Å². The van der Waals surface area contributed by atoms with Crippen molar-refractivity contribution in [3.63, 3.8) is 0 Å². The summed E-state index contributed by atoms with van der Waals surface area (Å²) in [5.41, 5.74) is 1.01. The third kappa shape index (κ3) is 1.81. The monoisotopic (exact) mass is 308 g/mol. The highest BCUT2D eigenvalue weighted by atomic mass is 35.5. The van der Waals surface area contributed by atoms with Crippen molar-refractivity contribution in [2.45, 2.75) is 11.8 Å². The third-order valence-corrected chi connectivity index (χ3v) is 3.52. The topological polar surface area (TPSA) is 34.0 Å². The van der Waals surface area contributed by atoms with Gasteiger partial charge in [0.05, 0.1) is 30.5 Å². The van der Waals surface area contributed by atoms with Gasteiger partial charge in [0.2, 0.25) is 5.28 Å². The number of aryl methyl sites for hydroxylation is 1. The Morgan fingerprint density at radius 3 is 2.40 bits per heavy atom. The number of aromatic nitrogens is 3. The van der Waals surface area contributed by atoms with Gasteiger partial charge in [0, 0.05) is 13.2 Å². The van der Waals surface area contributed by atoms with Crippen LogP contribution in [0.15, 0.2) is 12.4 Å². The van der Waals surface area contributed by atoms with Crippen LogP contribution in [0.5, 0.6) is 0 Å². The van der Waals surface area contributed by atoms with Gasteiger partial charge >= 0.3 is 11.8 Å². The van der Waals surface area contributed by atoms with Crippen molar-refractivity contribution < 1.29 is 17.6 Å². The highest BCUT2D eigenvalue weighted by molar-refractivity contribution is 6.28. The summed E-state index contributed by atoms with van der Waals surface area (Å²) in [6, 6.07) is 0. The quantitative estimate of drug-likeness (QED) is 0.600. The average molecular weight is 309 g/mol. The largest absolute Gasteiger partial charge is 0.356 e. The van der Waals surface area contributed by atoms with Gasteiger partial charge < -0.3 is 9.47 Å². The van der Waals surface area contributed by atoms with Gasteiger partial charge in [-0.3, -0.25) is 0 Å². The molecule has 2 aromatic heterocycles. The minimum Gasteiger partial charge on any atom is -0.356 e. The van der Waals surface area contributed by atoms with Crippen molar-refractivity contribution in [2.75, 3.05) is 18.0 Å². The van der Waals surface area contributed by atoms with E-state index in [0.717, 1.165) is 4.90 Å². The van der Waals surface area contributed by atoms with Gasteiger partial charge in [-0.05, 0) is 11.6 Å². The maximum Gasteiger partial charge on any atom is 0.329 e. The number of nitrogens with zero attached hydrogens (tertiary/aromatic N) is 4. The van der Waals surface area contributed by atoms with Crippen molar-refractivity contribution in [3.8, 4) is 0 Å². The number of anilines is 1. The Morgan fingerprint density at radius 2 is 1.80 bits per heavy atom. The van der Waals surface area contributed by atoms with Crippen LogP contribution >= 0.6 is 11.6 Å². The van der Waals surface area contributed by atoms with Crippen molar-refractivity contribution >= 4 is 28.3 Å². The predicted octanol–water partition coefficient (Wildman–Crippen LogP) is 2.71. The molecule has 1 aliphatic rings. The molecule has 1 saturated heterocycles. The van der Waals surface area contributed by atoms with Crippen LogP contribution in [-0.2, 0) is 7.05 Å². The molecule has 3 rings (SSSR count). The zero-order chi connectivity index (χ0) is 14.7. The molecule has 0 amide bonds. The second kappa shape index (κ2) is 3.97. The minimum absolute atomic E-state index is 0.0670. The van der Waals surface area contributed by atoms with Crippen LogP contribution in [0.25, 0.3) is 11.0 Å². The Morgan fingerprint density at radius 1 is 1.20 bits per heavy atom. The molecule has 0 saturated carbocycles. The molecule has 4 nitrogen and oxygen atoms in total. The van der Waals surface area contributed by atoms with E-state index in [9.17, 15) is 17.6 Å². The van der Waals surface area contributed by atoms with Gasteiger partial charge in [0.15, 0.2) is 0 Å². The highest BCUT2D eigenvalue weighted by Gasteiger charge is 2.63. The lowest BCUT2D eigenvalue weighted by atomic mass is 10.2. The van der Waals surface area contributed by atoms with Gasteiger partial charge in [-0.1, -0.05) is 0 Å². The van der Waals surface area contributed by atoms with Crippen molar-refractivity contribution in [2.24, 2.45) is 7.05 Å². The lowest BCUT2D eigenvalue weighted by Crippen LogP contribution is -2.38. The second-order valence-corrected chi connectivity index (χ2v) is 5.10. The van der Waals surface area contributed by atoms with Crippen LogP contribution in [0.1, 0.15) is 0 Å². The molecule has 1 aliphatic heterocycles. The molecule has 9 heteroatoms. The van der Waals surface area contributed by atoms with E-state index in [1.54, 1.807) is 11.6 Å². The summed E-state index contributed by atoms with van der Waals surface area (Å²) < 4.78 is 54.7. The number of halogens is 5. The first-order valence-electron chi connectivity index (χ1n) is 5.69. The SMILES string of the molecule is Cn1cc(N2CC(F)(F)C(F)(F)C2)c2nc(Cl)ncc21. The van der Waals surface area contributed by atoms with Crippen molar-refractivity contribution in [3.05, 3.63) is 17.7 Å². The van der Waals surface area contributed by atoms with E-state index in [0.29, 0.717) is 5.52 Å². The normalized spacial score (nSPS) is 20.8. The molecule has 108 valence electrons. The number of rotatable bonds is 1. The second-order valence-electron chi connectivity index (χ2n) is 4.76. The predicted molar refractivity (Wildman–Crippen MR) is 65.6 cm³/mol. The molecule has 0 atom stereocenters. The molecular weight excluding hydrogens is 300 g/mol. The molecule has 20 heavy (non-hydrogen) atoms. The zero-order valence-electron chi connectivity index (χ0n) is 10.2. The summed E-state index contributed by atoms with van der Waals surface area (Å²) in [6.45, 7) is -2.11. The molecule has 0 spiro atoms. The standard InChI is InChI=1S/C11H9ClF4N4/c1-19-3-7(8-6(19)2-17-9(12)18-8)20-4-10(13,14)11(15,16)5-20/h2-3H,4-5H2,1H3. The zero-order valence-corrected chi connectivity index (χ0v) is 11.0. The summed E-state index contributed by atoms with van der Waals surface area (Å²) >= 11 is 5.67. The van der Waals surface area contributed by atoms with Gasteiger partial charge in [-0.2, -0.15) is 17.6 Å². The lowest BCUT2D eigenvalue weighted by Gasteiger charge is -2.15. The van der Waals surface area contributed by atoms with Gasteiger partial charge in [-0.25, -0.2) is 9.97 Å². The first-order chi connectivity index (χ1) is 9.21. The van der Waals surface area contributed by atoms with E-state index < -0.39 is 24.9 Å². The number of alkyl halides is 4. The summed E-state index contributed by atoms with van der Waals surface area (Å²) in [5.74, 6) is -8.13. The maximum atomic E-state index is 13.3. The van der Waals surface area contributed by atoms with E-state index in [2.05, 4.69) is 9.97 Å². The molecular formula is C11H9ClF4N4. The Kier molecular flexibility index (Phi) is 2.66. The van der Waals surface area contributed by atoms with Crippen LogP contribution in [0.2, 0.25) is 5.28 Å². The minimum atomic E-state index is -4.06. The van der Waals surface area contributed by atoms with Gasteiger partial charge in [0.1, 0.15) is 5.52 Å². The van der Waals surface area contributed by atoms with Crippen LogP contribution < -0.4 is 4.90 Å². The maximum absolute atomic E-state index is 13.3. The van der Waals surface area contributed by atoms with Crippen molar-refractivity contribution in [1.82, 2.24) is 14.5 Å². The van der Waals surface area contributed by atoms with Gasteiger partial charge in [0.25, 0.3) is 0 Å².